The van der Waals surface area contributed by atoms with Crippen molar-refractivity contribution in [2.24, 2.45) is 5.92 Å². The monoisotopic (exact) mass is 492 g/mol. The highest BCUT2D eigenvalue weighted by molar-refractivity contribution is 5.89. The molecule has 0 aromatic heterocycles. The first-order valence-corrected chi connectivity index (χ1v) is 11.9. The second-order valence-corrected chi connectivity index (χ2v) is 8.70. The van der Waals surface area contributed by atoms with E-state index < -0.39 is 16.9 Å². The van der Waals surface area contributed by atoms with Crippen molar-refractivity contribution in [1.82, 2.24) is 10.6 Å². The van der Waals surface area contributed by atoms with Crippen LogP contribution in [-0.4, -0.2) is 30.1 Å². The number of carbonyl (C=O) groups excluding carboxylic acids is 1. The third-order valence-corrected chi connectivity index (χ3v) is 5.88. The van der Waals surface area contributed by atoms with Crippen molar-refractivity contribution in [1.29, 1.82) is 0 Å². The number of aromatic hydroxyl groups is 1. The Labute approximate surface area is 212 Å². The lowest BCUT2D eigenvalue weighted by Crippen LogP contribution is -2.49. The standard InChI is InChI=1S/C28H36N4O4/c1-8-12-18(13-9-2)20(10-3)31-28(36)22(16(4)5)32-24-23(26(34)27(24)35)30-21-15-11-14-19(25(21)33)17(6)29-7/h8-9,11-16,20,22,29-30,32-33H,1,6,10H2,2-5,7H3,(H,31,36)/b13-9-,18-12+/t20-,22+/m1/s1. The van der Waals surface area contributed by atoms with Gasteiger partial charge in [0, 0.05) is 18.3 Å². The molecule has 1 amide bonds. The predicted octanol–water partition coefficient (Wildman–Crippen LogP) is 3.94. The molecule has 0 radical (unpaired) electrons. The third-order valence-electron chi connectivity index (χ3n) is 5.88. The zero-order valence-electron chi connectivity index (χ0n) is 21.6. The van der Waals surface area contributed by atoms with Gasteiger partial charge in [-0.3, -0.25) is 14.4 Å². The maximum atomic E-state index is 13.3. The maximum Gasteiger partial charge on any atom is 0.253 e. The highest BCUT2D eigenvalue weighted by Crippen LogP contribution is 2.34. The second kappa shape index (κ2) is 12.6. The Balaban J connectivity index is 2.33. The van der Waals surface area contributed by atoms with Gasteiger partial charge < -0.3 is 26.4 Å². The van der Waals surface area contributed by atoms with Gasteiger partial charge >= 0.3 is 0 Å². The summed E-state index contributed by atoms with van der Waals surface area (Å²) in [6.45, 7) is 15.1. The van der Waals surface area contributed by atoms with Gasteiger partial charge in [0.2, 0.25) is 5.91 Å². The van der Waals surface area contributed by atoms with Crippen molar-refractivity contribution < 1.29 is 9.90 Å². The Morgan fingerprint density at radius 1 is 1.17 bits per heavy atom. The molecule has 0 bridgehead atoms. The number of hydrogen-bond donors (Lipinski definition) is 5. The summed E-state index contributed by atoms with van der Waals surface area (Å²) in [6, 6.07) is 3.91. The summed E-state index contributed by atoms with van der Waals surface area (Å²) < 4.78 is 0. The van der Waals surface area contributed by atoms with Crippen LogP contribution in [0.5, 0.6) is 5.75 Å². The number of nitrogens with one attached hydrogen (secondary N) is 4. The number of carbonyl (C=O) groups is 1. The molecule has 8 heteroatoms. The number of allylic oxidation sites excluding steroid dienone is 3. The van der Waals surface area contributed by atoms with Gasteiger partial charge in [-0.1, -0.05) is 64.3 Å². The van der Waals surface area contributed by atoms with E-state index in [1.54, 1.807) is 31.3 Å². The van der Waals surface area contributed by atoms with Crippen LogP contribution in [-0.2, 0) is 4.79 Å². The van der Waals surface area contributed by atoms with E-state index in [-0.39, 0.29) is 40.7 Å². The van der Waals surface area contributed by atoms with E-state index in [1.165, 1.54) is 0 Å². The molecule has 0 fully saturated rings. The van der Waals surface area contributed by atoms with Gasteiger partial charge in [-0.25, -0.2) is 0 Å². The Kier molecular flexibility index (Phi) is 9.84. The minimum Gasteiger partial charge on any atom is -0.505 e. The van der Waals surface area contributed by atoms with Crippen molar-refractivity contribution in [2.45, 2.75) is 46.2 Å². The summed E-state index contributed by atoms with van der Waals surface area (Å²) in [4.78, 5) is 38.1. The van der Waals surface area contributed by atoms with E-state index in [4.69, 9.17) is 0 Å². The Morgan fingerprint density at radius 3 is 2.39 bits per heavy atom. The molecule has 8 nitrogen and oxygen atoms in total. The van der Waals surface area contributed by atoms with Crippen LogP contribution in [0, 0.1) is 5.92 Å². The second-order valence-electron chi connectivity index (χ2n) is 8.70. The fourth-order valence-corrected chi connectivity index (χ4v) is 3.80. The molecule has 0 aliphatic rings. The molecule has 0 saturated carbocycles. The van der Waals surface area contributed by atoms with E-state index in [1.807, 2.05) is 45.9 Å². The Hall–Kier alpha value is -4.07. The molecule has 2 aromatic rings. The van der Waals surface area contributed by atoms with Gasteiger partial charge in [-0.15, -0.1) is 0 Å². The maximum absolute atomic E-state index is 13.3. The number of amides is 1. The minimum atomic E-state index is -0.775. The van der Waals surface area contributed by atoms with Crippen molar-refractivity contribution in [3.8, 4) is 5.75 Å². The third kappa shape index (κ3) is 6.13. The Bertz CT molecular complexity index is 1250. The van der Waals surface area contributed by atoms with Crippen molar-refractivity contribution in [3.63, 3.8) is 0 Å². The number of anilines is 3. The summed E-state index contributed by atoms with van der Waals surface area (Å²) in [5, 5.41) is 22.4. The highest BCUT2D eigenvalue weighted by Gasteiger charge is 2.30. The number of para-hydroxylation sites is 1. The molecule has 0 heterocycles. The lowest BCUT2D eigenvalue weighted by molar-refractivity contribution is -0.123. The largest absolute Gasteiger partial charge is 0.505 e. The van der Waals surface area contributed by atoms with E-state index in [0.717, 1.165) is 5.57 Å². The van der Waals surface area contributed by atoms with Crippen LogP contribution < -0.4 is 32.1 Å². The van der Waals surface area contributed by atoms with Gasteiger partial charge in [0.15, 0.2) is 0 Å². The number of benzene rings is 1. The molecule has 36 heavy (non-hydrogen) atoms. The van der Waals surface area contributed by atoms with Crippen molar-refractivity contribution >= 4 is 28.7 Å². The fourth-order valence-electron chi connectivity index (χ4n) is 3.80. The molecule has 192 valence electrons. The smallest absolute Gasteiger partial charge is 0.253 e. The zero-order valence-corrected chi connectivity index (χ0v) is 21.6. The normalized spacial score (nSPS) is 13.4. The van der Waals surface area contributed by atoms with Gasteiger partial charge in [0.1, 0.15) is 23.2 Å². The number of rotatable bonds is 13. The van der Waals surface area contributed by atoms with Crippen LogP contribution in [0.1, 0.15) is 39.7 Å². The molecule has 2 aromatic carbocycles. The van der Waals surface area contributed by atoms with Crippen LogP contribution >= 0.6 is 0 Å². The zero-order chi connectivity index (χ0) is 27.0. The van der Waals surface area contributed by atoms with Crippen molar-refractivity contribution in [2.75, 3.05) is 17.7 Å². The summed E-state index contributed by atoms with van der Waals surface area (Å²) in [5.74, 6) is -0.611. The topological polar surface area (TPSA) is 120 Å². The average Bonchev–Trinajstić information content (AvgIpc) is 2.86. The molecule has 5 N–H and O–H groups in total. The quantitative estimate of drug-likeness (QED) is 0.163. The average molecular weight is 493 g/mol. The molecule has 0 unspecified atom stereocenters. The lowest BCUT2D eigenvalue weighted by Gasteiger charge is -2.27. The SMILES string of the molecule is C=C/C=C(\C=C/C)[C@@H](CC)NC(=O)[C@@H](Nc1c(Nc2cccc(C(=C)NC)c2O)c(=O)c1=O)C(C)C. The molecule has 2 atom stereocenters. The molecule has 0 saturated heterocycles. The van der Waals surface area contributed by atoms with Crippen molar-refractivity contribution in [3.05, 3.63) is 87.2 Å². The summed E-state index contributed by atoms with van der Waals surface area (Å²) in [6.07, 6.45) is 7.96. The molecule has 0 aliphatic carbocycles. The van der Waals surface area contributed by atoms with E-state index in [2.05, 4.69) is 34.4 Å². The number of phenolic OH excluding ortho intramolecular Hbond substituents is 1. The van der Waals surface area contributed by atoms with Gasteiger partial charge in [-0.05, 0) is 37.0 Å². The summed E-state index contributed by atoms with van der Waals surface area (Å²) in [5.41, 5.74) is 0.632. The van der Waals surface area contributed by atoms with Gasteiger partial charge in [-0.2, -0.15) is 0 Å². The molecule has 2 rings (SSSR count). The van der Waals surface area contributed by atoms with Gasteiger partial charge in [0.05, 0.1) is 11.7 Å². The van der Waals surface area contributed by atoms with Crippen LogP contribution in [0.3, 0.4) is 0 Å². The van der Waals surface area contributed by atoms with E-state index >= 15 is 0 Å². The fraction of sp³-hybridized carbons (Fsp3) is 0.321. The van der Waals surface area contributed by atoms with Crippen LogP contribution in [0.15, 0.2) is 70.8 Å². The predicted molar refractivity (Wildman–Crippen MR) is 148 cm³/mol. The molecular formula is C28H36N4O4. The van der Waals surface area contributed by atoms with Gasteiger partial charge in [0.25, 0.3) is 10.9 Å². The molecule has 0 aliphatic heterocycles. The first-order chi connectivity index (χ1) is 17.1. The Morgan fingerprint density at radius 2 is 1.83 bits per heavy atom. The molecule has 0 spiro atoms. The van der Waals surface area contributed by atoms with Crippen LogP contribution in [0.4, 0.5) is 17.1 Å². The number of hydrogen-bond acceptors (Lipinski definition) is 7. The number of phenols is 1. The minimum absolute atomic E-state index is 0.00540. The lowest BCUT2D eigenvalue weighted by atomic mass is 9.99. The summed E-state index contributed by atoms with van der Waals surface area (Å²) >= 11 is 0. The van der Waals surface area contributed by atoms with Crippen LogP contribution in [0.25, 0.3) is 5.70 Å². The molecular weight excluding hydrogens is 456 g/mol. The first kappa shape index (κ1) is 28.2. The van der Waals surface area contributed by atoms with Crippen LogP contribution in [0.2, 0.25) is 0 Å². The first-order valence-electron chi connectivity index (χ1n) is 11.9. The summed E-state index contributed by atoms with van der Waals surface area (Å²) in [7, 11) is 1.68. The van der Waals surface area contributed by atoms with E-state index in [9.17, 15) is 19.5 Å². The van der Waals surface area contributed by atoms with E-state index in [0.29, 0.717) is 17.7 Å². The highest BCUT2D eigenvalue weighted by atomic mass is 16.3.